The molecular weight excluding hydrogens is 429 g/mol. The first-order valence-electron chi connectivity index (χ1n) is 12.2. The quantitative estimate of drug-likeness (QED) is 0.323. The summed E-state index contributed by atoms with van der Waals surface area (Å²) < 4.78 is 26.6. The summed E-state index contributed by atoms with van der Waals surface area (Å²) in [7, 11) is 1.65. The van der Waals surface area contributed by atoms with Gasteiger partial charge in [0.05, 0.1) is 7.11 Å². The highest BCUT2D eigenvalue weighted by Gasteiger charge is 2.77. The molecular formula is C29H32FNO3. The van der Waals surface area contributed by atoms with Gasteiger partial charge in [-0.15, -0.1) is 13.2 Å². The van der Waals surface area contributed by atoms with Crippen LogP contribution < -0.4 is 14.8 Å². The van der Waals surface area contributed by atoms with Crippen LogP contribution in [0, 0.1) is 17.8 Å². The Bertz CT molecular complexity index is 1130. The van der Waals surface area contributed by atoms with E-state index in [1.54, 1.807) is 7.11 Å². The molecule has 2 aromatic rings. The Kier molecular flexibility index (Phi) is 6.07. The van der Waals surface area contributed by atoms with Gasteiger partial charge in [0.1, 0.15) is 23.2 Å². The lowest BCUT2D eigenvalue weighted by molar-refractivity contribution is -0.154. The van der Waals surface area contributed by atoms with Crippen molar-refractivity contribution in [3.05, 3.63) is 72.8 Å². The molecule has 178 valence electrons. The Morgan fingerprint density at radius 3 is 2.74 bits per heavy atom. The lowest BCUT2D eigenvalue weighted by Crippen LogP contribution is -2.68. The van der Waals surface area contributed by atoms with Crippen LogP contribution >= 0.6 is 0 Å². The van der Waals surface area contributed by atoms with Gasteiger partial charge in [-0.2, -0.15) is 0 Å². The van der Waals surface area contributed by atoms with Crippen molar-refractivity contribution in [2.24, 2.45) is 17.8 Å². The number of esters is 1. The number of rotatable bonds is 8. The second kappa shape index (κ2) is 9.03. The number of allylic oxidation sites excluding steroid dienone is 2. The molecule has 2 aliphatic carbocycles. The Balaban J connectivity index is 1.51. The van der Waals surface area contributed by atoms with Crippen LogP contribution in [-0.2, 0) is 17.6 Å². The third kappa shape index (κ3) is 3.67. The van der Waals surface area contributed by atoms with Gasteiger partial charge in [-0.25, -0.2) is 9.18 Å². The molecule has 5 atom stereocenters. The predicted molar refractivity (Wildman–Crippen MR) is 132 cm³/mol. The molecule has 4 nitrogen and oxygen atoms in total. The predicted octanol–water partition coefficient (Wildman–Crippen LogP) is 5.45. The van der Waals surface area contributed by atoms with E-state index in [0.29, 0.717) is 37.5 Å². The molecule has 2 saturated carbocycles. The number of nitrogens with one attached hydrogen (secondary N) is 1. The van der Waals surface area contributed by atoms with Crippen LogP contribution in [0.15, 0.2) is 61.7 Å². The van der Waals surface area contributed by atoms with E-state index < -0.39 is 11.7 Å². The van der Waals surface area contributed by atoms with Gasteiger partial charge in [-0.1, -0.05) is 24.3 Å². The topological polar surface area (TPSA) is 47.6 Å². The van der Waals surface area contributed by atoms with Crippen LogP contribution in [0.2, 0.25) is 0 Å². The molecule has 3 unspecified atom stereocenters. The number of ether oxygens (including phenoxy) is 2. The highest BCUT2D eigenvalue weighted by molar-refractivity contribution is 5.88. The minimum Gasteiger partial charge on any atom is -0.496 e. The van der Waals surface area contributed by atoms with Crippen molar-refractivity contribution in [3.8, 4) is 22.6 Å². The number of hydrogen-bond acceptors (Lipinski definition) is 4. The molecule has 0 bridgehead atoms. The molecule has 3 fully saturated rings. The fourth-order valence-electron chi connectivity index (χ4n) is 6.17. The highest BCUT2D eigenvalue weighted by atomic mass is 19.1. The van der Waals surface area contributed by atoms with Gasteiger partial charge in [0.25, 0.3) is 0 Å². The van der Waals surface area contributed by atoms with Gasteiger partial charge in [-0.3, -0.25) is 0 Å². The molecule has 1 aliphatic heterocycles. The molecule has 5 heteroatoms. The molecule has 0 aromatic heterocycles. The maximum absolute atomic E-state index is 15.0. The highest BCUT2D eigenvalue weighted by Crippen LogP contribution is 2.68. The summed E-state index contributed by atoms with van der Waals surface area (Å²) in [6.07, 6.45) is 6.26. The number of carbonyl (C=O) groups is 1. The lowest BCUT2D eigenvalue weighted by atomic mass is 9.64. The molecule has 1 saturated heterocycles. The molecule has 0 radical (unpaired) electrons. The third-order valence-electron chi connectivity index (χ3n) is 7.80. The Morgan fingerprint density at radius 1 is 1.18 bits per heavy atom. The molecule has 0 spiro atoms. The molecule has 1 N–H and O–H groups in total. The largest absolute Gasteiger partial charge is 0.496 e. The van der Waals surface area contributed by atoms with Crippen LogP contribution in [-0.4, -0.2) is 31.3 Å². The minimum atomic E-state index is -0.955. The normalized spacial score (nSPS) is 29.0. The zero-order valence-corrected chi connectivity index (χ0v) is 19.7. The van der Waals surface area contributed by atoms with E-state index >= 15 is 0 Å². The van der Waals surface area contributed by atoms with Gasteiger partial charge < -0.3 is 14.8 Å². The van der Waals surface area contributed by atoms with E-state index in [2.05, 4.69) is 18.5 Å². The first kappa shape index (κ1) is 22.9. The maximum Gasteiger partial charge on any atom is 0.332 e. The molecule has 3 aliphatic rings. The van der Waals surface area contributed by atoms with Crippen LogP contribution in [0.1, 0.15) is 30.4 Å². The van der Waals surface area contributed by atoms with E-state index in [0.717, 1.165) is 40.8 Å². The molecule has 1 heterocycles. The number of alkyl halides is 1. The summed E-state index contributed by atoms with van der Waals surface area (Å²) in [6, 6.07) is 11.8. The summed E-state index contributed by atoms with van der Waals surface area (Å²) in [6.45, 7) is 8.34. The summed E-state index contributed by atoms with van der Waals surface area (Å²) in [5, 5.41) is 3.41. The zero-order chi connectivity index (χ0) is 23.9. The third-order valence-corrected chi connectivity index (χ3v) is 7.80. The second-order valence-corrected chi connectivity index (χ2v) is 9.72. The van der Waals surface area contributed by atoms with Gasteiger partial charge in [0, 0.05) is 11.5 Å². The summed E-state index contributed by atoms with van der Waals surface area (Å²) >= 11 is 0. The number of methoxy groups -OCH3 is 1. The van der Waals surface area contributed by atoms with E-state index in [1.807, 2.05) is 48.6 Å². The first-order chi connectivity index (χ1) is 16.5. The molecule has 0 amide bonds. The van der Waals surface area contributed by atoms with Gasteiger partial charge >= 0.3 is 5.97 Å². The monoisotopic (exact) mass is 461 g/mol. The summed E-state index contributed by atoms with van der Waals surface area (Å²) in [5.41, 5.74) is 2.93. The van der Waals surface area contributed by atoms with Crippen LogP contribution in [0.3, 0.4) is 0 Å². The van der Waals surface area contributed by atoms with Crippen molar-refractivity contribution in [2.45, 2.75) is 43.8 Å². The summed E-state index contributed by atoms with van der Waals surface area (Å²) in [5.74, 6) is 1.15. The minimum absolute atomic E-state index is 0.185. The lowest BCUT2D eigenvalue weighted by Gasteiger charge is -2.47. The number of fused-ring (bicyclic) bond motifs is 4. The average molecular weight is 462 g/mol. The van der Waals surface area contributed by atoms with Crippen molar-refractivity contribution in [2.75, 3.05) is 13.7 Å². The van der Waals surface area contributed by atoms with Crippen LogP contribution in [0.25, 0.3) is 11.1 Å². The van der Waals surface area contributed by atoms with Crippen molar-refractivity contribution in [1.29, 1.82) is 0 Å². The average Bonchev–Trinajstić information content (AvgIpc) is 3.57. The first-order valence-corrected chi connectivity index (χ1v) is 12.2. The van der Waals surface area contributed by atoms with Crippen molar-refractivity contribution < 1.29 is 18.7 Å². The van der Waals surface area contributed by atoms with Crippen molar-refractivity contribution in [3.63, 3.8) is 0 Å². The van der Waals surface area contributed by atoms with Crippen molar-refractivity contribution in [1.82, 2.24) is 5.32 Å². The van der Waals surface area contributed by atoms with Gasteiger partial charge in [0.2, 0.25) is 0 Å². The molecule has 5 rings (SSSR count). The Labute approximate surface area is 200 Å². The SMILES string of the molecule is C=CCc1ccc(OC(=O)C23NCCCC(F)[C@@H]2C2C[C@H]23)c(-c2ccc(OC)c(CC=C)c2)c1. The Hall–Kier alpha value is -2.92. The molecule has 34 heavy (non-hydrogen) atoms. The smallest absolute Gasteiger partial charge is 0.332 e. The van der Waals surface area contributed by atoms with E-state index in [4.69, 9.17) is 9.47 Å². The van der Waals surface area contributed by atoms with Gasteiger partial charge in [-0.05, 0) is 91.4 Å². The van der Waals surface area contributed by atoms with E-state index in [1.165, 1.54) is 0 Å². The maximum atomic E-state index is 15.0. The van der Waals surface area contributed by atoms with Crippen molar-refractivity contribution >= 4 is 5.97 Å². The number of hydrogen-bond donors (Lipinski definition) is 1. The summed E-state index contributed by atoms with van der Waals surface area (Å²) in [4.78, 5) is 13.6. The number of benzene rings is 2. The van der Waals surface area contributed by atoms with Crippen LogP contribution in [0.4, 0.5) is 4.39 Å². The fraction of sp³-hybridized carbons (Fsp3) is 0.414. The second-order valence-electron chi connectivity index (χ2n) is 9.72. The number of halogens is 1. The molecule has 2 aromatic carbocycles. The van der Waals surface area contributed by atoms with E-state index in [9.17, 15) is 9.18 Å². The van der Waals surface area contributed by atoms with E-state index in [-0.39, 0.29) is 17.8 Å². The zero-order valence-electron chi connectivity index (χ0n) is 19.7. The fourth-order valence-corrected chi connectivity index (χ4v) is 6.17. The number of carbonyl (C=O) groups excluding carboxylic acids is 1. The standard InChI is InChI=1S/C29H32FNO3/c1-4-7-18-10-12-26(21(15-18)19-11-13-25(33-3)20(16-19)8-5-2)34-28(32)29-23-17-22(23)27(29)24(30)9-6-14-31-29/h4-5,10-13,15-16,22-24,27,31H,1-2,6-9,14,17H2,3H3/t22?,23-,24?,27+,29?/m1/s1. The van der Waals surface area contributed by atoms with Gasteiger partial charge in [0.15, 0.2) is 0 Å². The Morgan fingerprint density at radius 2 is 1.97 bits per heavy atom. The van der Waals surface area contributed by atoms with Crippen LogP contribution in [0.5, 0.6) is 11.5 Å².